The highest BCUT2D eigenvalue weighted by molar-refractivity contribution is 5.80. The van der Waals surface area contributed by atoms with Gasteiger partial charge in [-0.05, 0) is 42.0 Å². The number of fused-ring (bicyclic) bond motifs is 2. The van der Waals surface area contributed by atoms with Crippen molar-refractivity contribution in [2.75, 3.05) is 13.7 Å². The summed E-state index contributed by atoms with van der Waals surface area (Å²) in [6.07, 6.45) is -1.69. The molecule has 0 aliphatic carbocycles. The maximum Gasteiger partial charge on any atom is 0.362 e. The predicted octanol–water partition coefficient (Wildman–Crippen LogP) is 2.89. The Morgan fingerprint density at radius 3 is 1.75 bits per heavy atom. The highest BCUT2D eigenvalue weighted by atomic mass is 16.7. The third-order valence-electron chi connectivity index (χ3n) is 9.11. The van der Waals surface area contributed by atoms with Crippen molar-refractivity contribution in [3.63, 3.8) is 0 Å². The molecule has 1 fully saturated rings. The van der Waals surface area contributed by atoms with E-state index >= 15 is 0 Å². The first kappa shape index (κ1) is 36.7. The van der Waals surface area contributed by atoms with Crippen molar-refractivity contribution in [2.24, 2.45) is 0 Å². The van der Waals surface area contributed by atoms with E-state index in [1.165, 1.54) is 53.1 Å². The topological polar surface area (TPSA) is 229 Å². The summed E-state index contributed by atoms with van der Waals surface area (Å²) in [6.45, 7) is -0.548. The molecule has 8 rings (SSSR count). The molecule has 1 saturated heterocycles. The van der Waals surface area contributed by atoms with Crippen LogP contribution in [0.1, 0.15) is 17.0 Å². The Hall–Kier alpha value is -6.28. The fourth-order valence-corrected chi connectivity index (χ4v) is 6.37. The van der Waals surface area contributed by atoms with E-state index in [1.54, 1.807) is 24.3 Å². The molecule has 3 N–H and O–H groups in total. The number of aliphatic hydroxyl groups excluding tert-OH is 1. The van der Waals surface area contributed by atoms with Gasteiger partial charge in [0.05, 0.1) is 38.8 Å². The van der Waals surface area contributed by atoms with Crippen LogP contribution in [0.5, 0.6) is 11.5 Å². The normalized spacial score (nSPS) is 19.9. The molecule has 7 aromatic rings. The molecule has 3 aromatic carbocycles. The largest absolute Gasteiger partial charge is 0.508 e. The lowest BCUT2D eigenvalue weighted by atomic mass is 9.98. The Morgan fingerprint density at radius 1 is 0.679 bits per heavy atom. The number of phenolic OH excluding ortho intramolecular Hbond substituents is 2. The number of aliphatic hydroxyl groups is 1. The maximum absolute atomic E-state index is 12.8. The van der Waals surface area contributed by atoms with Crippen LogP contribution >= 0.6 is 0 Å². The second-order valence-corrected chi connectivity index (χ2v) is 12.9. The van der Waals surface area contributed by atoms with E-state index < -0.39 is 48.6 Å². The predicted molar refractivity (Wildman–Crippen MR) is 193 cm³/mol. The smallest absolute Gasteiger partial charge is 0.362 e. The van der Waals surface area contributed by atoms with Crippen LogP contribution in [0, 0.1) is 0 Å². The Bertz CT molecular complexity index is 2590. The number of phenols is 2. The van der Waals surface area contributed by atoms with Crippen molar-refractivity contribution in [3.05, 3.63) is 129 Å². The van der Waals surface area contributed by atoms with Crippen LogP contribution in [0.15, 0.2) is 110 Å². The lowest BCUT2D eigenvalue weighted by Gasteiger charge is -2.45. The molecule has 5 atom stereocenters. The van der Waals surface area contributed by atoms with Crippen LogP contribution in [0.4, 0.5) is 0 Å². The van der Waals surface area contributed by atoms with Gasteiger partial charge in [-0.2, -0.15) is 0 Å². The van der Waals surface area contributed by atoms with E-state index in [-0.39, 0.29) is 53.9 Å². The van der Waals surface area contributed by atoms with Gasteiger partial charge in [-0.3, -0.25) is 0 Å². The van der Waals surface area contributed by atoms with Crippen molar-refractivity contribution < 1.29 is 47.8 Å². The maximum atomic E-state index is 12.8. The molecule has 18 nitrogen and oxygen atoms in total. The molecule has 0 radical (unpaired) electrons. The van der Waals surface area contributed by atoms with E-state index in [2.05, 4.69) is 20.6 Å². The zero-order valence-corrected chi connectivity index (χ0v) is 29.6. The number of methoxy groups -OCH3 is 1. The summed E-state index contributed by atoms with van der Waals surface area (Å²) in [5.74, 6) is -0.0848. The van der Waals surface area contributed by atoms with Gasteiger partial charge in [-0.15, -0.1) is 10.2 Å². The molecule has 18 heteroatoms. The number of hydrogen-bond acceptors (Lipinski definition) is 16. The minimum atomic E-state index is -1.04. The van der Waals surface area contributed by atoms with E-state index in [1.807, 2.05) is 30.3 Å². The molecule has 288 valence electrons. The number of rotatable bonds is 13. The van der Waals surface area contributed by atoms with Crippen molar-refractivity contribution in [1.82, 2.24) is 30.0 Å². The minimum absolute atomic E-state index is 0.0420. The van der Waals surface area contributed by atoms with Crippen molar-refractivity contribution in [1.29, 1.82) is 0 Å². The first-order valence-electron chi connectivity index (χ1n) is 17.3. The van der Waals surface area contributed by atoms with Crippen molar-refractivity contribution in [2.45, 2.75) is 50.5 Å². The van der Waals surface area contributed by atoms with Gasteiger partial charge in [-0.1, -0.05) is 40.8 Å². The summed E-state index contributed by atoms with van der Waals surface area (Å²) in [6, 6.07) is 21.4. The lowest BCUT2D eigenvalue weighted by Crippen LogP contribution is -2.61. The van der Waals surface area contributed by atoms with Gasteiger partial charge in [0.1, 0.15) is 58.5 Å². The van der Waals surface area contributed by atoms with Gasteiger partial charge in [0.15, 0.2) is 17.7 Å². The van der Waals surface area contributed by atoms with Crippen LogP contribution in [0.25, 0.3) is 33.3 Å². The number of ether oxygens (including phenoxy) is 5. The van der Waals surface area contributed by atoms with Gasteiger partial charge < -0.3 is 47.8 Å². The molecular formula is C38H34N6O12. The fourth-order valence-electron chi connectivity index (χ4n) is 6.37. The van der Waals surface area contributed by atoms with Crippen molar-refractivity contribution in [3.8, 4) is 22.9 Å². The first-order valence-corrected chi connectivity index (χ1v) is 17.3. The fraction of sp³-hybridized carbons (Fsp3) is 0.263. The molecule has 56 heavy (non-hydrogen) atoms. The molecule has 0 saturated carbocycles. The van der Waals surface area contributed by atoms with Crippen LogP contribution < -0.4 is 11.3 Å². The second-order valence-electron chi connectivity index (χ2n) is 12.9. The average Bonchev–Trinajstić information content (AvgIpc) is 3.88. The van der Waals surface area contributed by atoms with E-state index in [0.29, 0.717) is 22.2 Å². The molecule has 0 spiro atoms. The molecule has 1 aliphatic heterocycles. The SMILES string of the molecule is CO[C@H]1O[C@H](CO)[C@@H](OCc2ccccc2)[C@H](OCc2cn(-c3cc4ccc(O)cc4oc3=O)nn2)[C@H]1OCc1cn(-c2cc3ccc(O)cc3oc2=O)nn1. The molecule has 5 heterocycles. The summed E-state index contributed by atoms with van der Waals surface area (Å²) < 4.78 is 44.3. The Labute approximate surface area is 315 Å². The van der Waals surface area contributed by atoms with E-state index in [0.717, 1.165) is 5.56 Å². The van der Waals surface area contributed by atoms with Crippen LogP contribution in [-0.4, -0.2) is 89.7 Å². The Morgan fingerprint density at radius 2 is 1.21 bits per heavy atom. The Balaban J connectivity index is 1.05. The van der Waals surface area contributed by atoms with Gasteiger partial charge in [0, 0.05) is 30.0 Å². The standard InChI is InChI=1S/C38H34N6O12/c1-50-38-35(53-20-25-16-44(42-40-25)29-12-23-8-10-27(47)14-31(23)55-37(29)49)34(33(32(17-45)56-38)51-18-21-5-3-2-4-6-21)52-19-24-15-43(41-39-24)28-11-22-7-9-26(46)13-30(22)54-36(28)48/h2-16,32-35,38,45-47H,17-20H2,1H3/t32-,33-,34+,35-,38+/m1/s1. The average molecular weight is 767 g/mol. The molecule has 4 aromatic heterocycles. The molecule has 0 unspecified atom stereocenters. The number of aromatic hydroxyl groups is 2. The molecule has 0 bridgehead atoms. The van der Waals surface area contributed by atoms with Crippen LogP contribution in [0.2, 0.25) is 0 Å². The third-order valence-corrected chi connectivity index (χ3v) is 9.11. The highest BCUT2D eigenvalue weighted by Gasteiger charge is 2.48. The summed E-state index contributed by atoms with van der Waals surface area (Å²) >= 11 is 0. The summed E-state index contributed by atoms with van der Waals surface area (Å²) in [5.41, 5.74) is 0.760. The van der Waals surface area contributed by atoms with Crippen molar-refractivity contribution >= 4 is 21.9 Å². The van der Waals surface area contributed by atoms with Gasteiger partial charge in [-0.25, -0.2) is 19.0 Å². The first-order chi connectivity index (χ1) is 27.3. The lowest BCUT2D eigenvalue weighted by molar-refractivity contribution is -0.321. The Kier molecular flexibility index (Phi) is 10.4. The van der Waals surface area contributed by atoms with E-state index in [4.69, 9.17) is 32.5 Å². The zero-order chi connectivity index (χ0) is 38.8. The summed E-state index contributed by atoms with van der Waals surface area (Å²) in [5, 5.41) is 47.7. The number of benzene rings is 3. The van der Waals surface area contributed by atoms with E-state index in [9.17, 15) is 24.9 Å². The summed E-state index contributed by atoms with van der Waals surface area (Å²) in [7, 11) is 1.43. The molecule has 1 aliphatic rings. The van der Waals surface area contributed by atoms with Crippen LogP contribution in [-0.2, 0) is 43.5 Å². The number of aromatic nitrogens is 6. The number of nitrogens with zero attached hydrogens (tertiary/aromatic N) is 6. The molecule has 0 amide bonds. The number of hydrogen-bond donors (Lipinski definition) is 3. The van der Waals surface area contributed by atoms with Gasteiger partial charge in [0.2, 0.25) is 0 Å². The second kappa shape index (κ2) is 15.8. The summed E-state index contributed by atoms with van der Waals surface area (Å²) in [4.78, 5) is 25.6. The molecular weight excluding hydrogens is 732 g/mol. The minimum Gasteiger partial charge on any atom is -0.508 e. The van der Waals surface area contributed by atoms with Gasteiger partial charge in [0.25, 0.3) is 0 Å². The zero-order valence-electron chi connectivity index (χ0n) is 29.6. The highest BCUT2D eigenvalue weighted by Crippen LogP contribution is 2.31. The monoisotopic (exact) mass is 766 g/mol. The van der Waals surface area contributed by atoms with Crippen LogP contribution in [0.3, 0.4) is 0 Å². The quantitative estimate of drug-likeness (QED) is 0.143. The third kappa shape index (κ3) is 7.65. The van der Waals surface area contributed by atoms with Gasteiger partial charge >= 0.3 is 11.3 Å².